The van der Waals surface area contributed by atoms with Crippen molar-refractivity contribution in [1.82, 2.24) is 20.4 Å². The van der Waals surface area contributed by atoms with Crippen LogP contribution >= 0.6 is 0 Å². The number of pyridine rings is 1. The summed E-state index contributed by atoms with van der Waals surface area (Å²) in [6.07, 6.45) is 3.08. The van der Waals surface area contributed by atoms with E-state index in [1.54, 1.807) is 6.20 Å². The first-order chi connectivity index (χ1) is 13.2. The number of rotatable bonds is 5. The van der Waals surface area contributed by atoms with Crippen molar-refractivity contribution in [2.75, 3.05) is 18.0 Å². The maximum atomic E-state index is 12.0. The molecule has 1 N–H and O–H groups in total. The molecular weight excluding hydrogens is 342 g/mol. The standard InChI is InChI=1S/C20H21N5O2/c1-2-16-19(26)21-10-11-25(16)18-9-8-15(13-22-18)20-23-17(24-27-20)12-14-6-4-3-5-7-14/h3-9,13,16H,2,10-12H2,1H3,(H,21,26)/t16-/m1/s1. The average Bonchev–Trinajstić information content (AvgIpc) is 3.17. The van der Waals surface area contributed by atoms with Gasteiger partial charge in [0.05, 0.1) is 5.56 Å². The normalized spacial score (nSPS) is 17.0. The first-order valence-electron chi connectivity index (χ1n) is 9.12. The van der Waals surface area contributed by atoms with Crippen LogP contribution in [0, 0.1) is 0 Å². The predicted octanol–water partition coefficient (Wildman–Crippen LogP) is 2.44. The van der Waals surface area contributed by atoms with Gasteiger partial charge in [-0.15, -0.1) is 0 Å². The summed E-state index contributed by atoms with van der Waals surface area (Å²) < 4.78 is 5.39. The topological polar surface area (TPSA) is 84.2 Å². The monoisotopic (exact) mass is 363 g/mol. The van der Waals surface area contributed by atoms with Crippen LogP contribution in [0.4, 0.5) is 5.82 Å². The molecule has 4 rings (SSSR count). The molecule has 1 fully saturated rings. The lowest BCUT2D eigenvalue weighted by Gasteiger charge is -2.35. The third-order valence-electron chi connectivity index (χ3n) is 4.68. The second kappa shape index (κ2) is 7.57. The Balaban J connectivity index is 1.50. The highest BCUT2D eigenvalue weighted by Crippen LogP contribution is 2.23. The van der Waals surface area contributed by atoms with Crippen molar-refractivity contribution in [2.45, 2.75) is 25.8 Å². The van der Waals surface area contributed by atoms with Crippen LogP contribution in [0.5, 0.6) is 0 Å². The zero-order valence-corrected chi connectivity index (χ0v) is 15.1. The smallest absolute Gasteiger partial charge is 0.259 e. The molecule has 3 aromatic rings. The Morgan fingerprint density at radius 2 is 2.07 bits per heavy atom. The highest BCUT2D eigenvalue weighted by molar-refractivity contribution is 5.86. The SMILES string of the molecule is CC[C@@H]1C(=O)NCCN1c1ccc(-c2nc(Cc3ccccc3)no2)cn1. The highest BCUT2D eigenvalue weighted by atomic mass is 16.5. The number of nitrogens with zero attached hydrogens (tertiary/aromatic N) is 4. The maximum absolute atomic E-state index is 12.0. The molecule has 1 aromatic carbocycles. The van der Waals surface area contributed by atoms with Crippen molar-refractivity contribution < 1.29 is 9.32 Å². The van der Waals surface area contributed by atoms with Gasteiger partial charge in [-0.3, -0.25) is 4.79 Å². The Labute approximate surface area is 157 Å². The minimum atomic E-state index is -0.182. The van der Waals surface area contributed by atoms with Crippen LogP contribution in [0.15, 0.2) is 53.2 Å². The number of hydrogen-bond acceptors (Lipinski definition) is 6. The third-order valence-corrected chi connectivity index (χ3v) is 4.68. The molecule has 0 unspecified atom stereocenters. The van der Waals surface area contributed by atoms with Crippen molar-refractivity contribution in [3.05, 3.63) is 60.0 Å². The lowest BCUT2D eigenvalue weighted by molar-refractivity contribution is -0.123. The minimum absolute atomic E-state index is 0.0529. The van der Waals surface area contributed by atoms with E-state index in [9.17, 15) is 4.79 Å². The van der Waals surface area contributed by atoms with E-state index in [1.165, 1.54) is 0 Å². The molecular formula is C20H21N5O2. The van der Waals surface area contributed by atoms with E-state index >= 15 is 0 Å². The molecule has 138 valence electrons. The zero-order valence-electron chi connectivity index (χ0n) is 15.1. The summed E-state index contributed by atoms with van der Waals surface area (Å²) in [6.45, 7) is 3.38. The molecule has 0 aliphatic carbocycles. The van der Waals surface area contributed by atoms with Gasteiger partial charge in [0, 0.05) is 25.7 Å². The fourth-order valence-corrected chi connectivity index (χ4v) is 3.30. The van der Waals surface area contributed by atoms with Crippen LogP contribution in [0.1, 0.15) is 24.7 Å². The molecule has 1 atom stereocenters. The summed E-state index contributed by atoms with van der Waals surface area (Å²) in [6, 6.07) is 13.6. The first-order valence-corrected chi connectivity index (χ1v) is 9.12. The Bertz CT molecular complexity index is 908. The molecule has 2 aromatic heterocycles. The molecule has 27 heavy (non-hydrogen) atoms. The van der Waals surface area contributed by atoms with Gasteiger partial charge in [0.1, 0.15) is 11.9 Å². The van der Waals surface area contributed by atoms with E-state index in [0.717, 1.165) is 29.9 Å². The number of carbonyl (C=O) groups is 1. The van der Waals surface area contributed by atoms with Gasteiger partial charge in [0.25, 0.3) is 5.89 Å². The summed E-state index contributed by atoms with van der Waals surface area (Å²) in [4.78, 5) is 23.1. The van der Waals surface area contributed by atoms with Crippen molar-refractivity contribution in [2.24, 2.45) is 0 Å². The van der Waals surface area contributed by atoms with E-state index < -0.39 is 0 Å². The van der Waals surface area contributed by atoms with Crippen LogP contribution in [0.3, 0.4) is 0 Å². The molecule has 7 heteroatoms. The van der Waals surface area contributed by atoms with Gasteiger partial charge >= 0.3 is 0 Å². The molecule has 1 aliphatic rings. The summed E-state index contributed by atoms with van der Waals surface area (Å²) in [5.74, 6) is 1.92. The van der Waals surface area contributed by atoms with E-state index in [4.69, 9.17) is 4.52 Å². The van der Waals surface area contributed by atoms with Crippen molar-refractivity contribution in [1.29, 1.82) is 0 Å². The van der Waals surface area contributed by atoms with Gasteiger partial charge in [0.15, 0.2) is 5.82 Å². The second-order valence-electron chi connectivity index (χ2n) is 6.49. The number of piperazine rings is 1. The van der Waals surface area contributed by atoms with E-state index in [0.29, 0.717) is 24.7 Å². The second-order valence-corrected chi connectivity index (χ2v) is 6.49. The quantitative estimate of drug-likeness (QED) is 0.749. The molecule has 1 aliphatic heterocycles. The first kappa shape index (κ1) is 17.2. The van der Waals surface area contributed by atoms with E-state index in [-0.39, 0.29) is 11.9 Å². The number of nitrogens with one attached hydrogen (secondary N) is 1. The summed E-state index contributed by atoms with van der Waals surface area (Å²) in [5, 5.41) is 6.96. The van der Waals surface area contributed by atoms with Gasteiger partial charge in [-0.1, -0.05) is 42.4 Å². The van der Waals surface area contributed by atoms with Gasteiger partial charge in [-0.25, -0.2) is 4.98 Å². The van der Waals surface area contributed by atoms with Gasteiger partial charge in [0.2, 0.25) is 5.91 Å². The van der Waals surface area contributed by atoms with Crippen LogP contribution in [-0.2, 0) is 11.2 Å². The molecule has 0 saturated carbocycles. The number of aromatic nitrogens is 3. The summed E-state index contributed by atoms with van der Waals surface area (Å²) in [5.41, 5.74) is 1.90. The number of anilines is 1. The predicted molar refractivity (Wildman–Crippen MR) is 101 cm³/mol. The Morgan fingerprint density at radius 3 is 2.81 bits per heavy atom. The number of benzene rings is 1. The zero-order chi connectivity index (χ0) is 18.6. The largest absolute Gasteiger partial charge is 0.353 e. The van der Waals surface area contributed by atoms with E-state index in [2.05, 4.69) is 20.4 Å². The van der Waals surface area contributed by atoms with Gasteiger partial charge < -0.3 is 14.7 Å². The molecule has 0 radical (unpaired) electrons. The van der Waals surface area contributed by atoms with Crippen LogP contribution in [0.25, 0.3) is 11.5 Å². The molecule has 7 nitrogen and oxygen atoms in total. The molecule has 1 amide bonds. The van der Waals surface area contributed by atoms with Crippen LogP contribution < -0.4 is 10.2 Å². The Hall–Kier alpha value is -3.22. The van der Waals surface area contributed by atoms with Crippen LogP contribution in [0.2, 0.25) is 0 Å². The lowest BCUT2D eigenvalue weighted by atomic mass is 10.1. The molecule has 0 bridgehead atoms. The Kier molecular flexibility index (Phi) is 4.82. The van der Waals surface area contributed by atoms with Gasteiger partial charge in [-0.05, 0) is 24.1 Å². The molecule has 3 heterocycles. The molecule has 0 spiro atoms. The number of carbonyl (C=O) groups excluding carboxylic acids is 1. The van der Waals surface area contributed by atoms with Gasteiger partial charge in [-0.2, -0.15) is 4.98 Å². The summed E-state index contributed by atoms with van der Waals surface area (Å²) >= 11 is 0. The van der Waals surface area contributed by atoms with Crippen molar-refractivity contribution in [3.63, 3.8) is 0 Å². The van der Waals surface area contributed by atoms with Crippen LogP contribution in [-0.4, -0.2) is 40.2 Å². The minimum Gasteiger partial charge on any atom is -0.353 e. The number of hydrogen-bond donors (Lipinski definition) is 1. The lowest BCUT2D eigenvalue weighted by Crippen LogP contribution is -2.55. The fraction of sp³-hybridized carbons (Fsp3) is 0.300. The Morgan fingerprint density at radius 1 is 1.22 bits per heavy atom. The third kappa shape index (κ3) is 3.67. The number of amides is 1. The average molecular weight is 363 g/mol. The van der Waals surface area contributed by atoms with Crippen molar-refractivity contribution in [3.8, 4) is 11.5 Å². The summed E-state index contributed by atoms with van der Waals surface area (Å²) in [7, 11) is 0. The fourth-order valence-electron chi connectivity index (χ4n) is 3.30. The maximum Gasteiger partial charge on any atom is 0.259 e. The highest BCUT2D eigenvalue weighted by Gasteiger charge is 2.28. The van der Waals surface area contributed by atoms with E-state index in [1.807, 2.05) is 54.3 Å². The van der Waals surface area contributed by atoms with Crippen molar-refractivity contribution >= 4 is 11.7 Å². The molecule has 1 saturated heterocycles.